The number of hydrogen-bond acceptors (Lipinski definition) is 9. The van der Waals surface area contributed by atoms with Gasteiger partial charge in [-0.1, -0.05) is 29.8 Å². The molecule has 3 aromatic rings. The van der Waals surface area contributed by atoms with E-state index in [1.54, 1.807) is 0 Å². The molecule has 1 heterocycles. The number of nitro benzene ring substituents is 1. The molecule has 10 nitrogen and oxygen atoms in total. The maximum Gasteiger partial charge on any atom is 0.345 e. The van der Waals surface area contributed by atoms with Crippen molar-refractivity contribution in [3.8, 4) is 0 Å². The molecule has 0 radical (unpaired) electrons. The summed E-state index contributed by atoms with van der Waals surface area (Å²) >= 11 is 5.75. The van der Waals surface area contributed by atoms with Crippen LogP contribution in [0.2, 0.25) is 5.02 Å². The Morgan fingerprint density at radius 1 is 1.24 bits per heavy atom. The fourth-order valence-corrected chi connectivity index (χ4v) is 2.59. The van der Waals surface area contributed by atoms with Gasteiger partial charge in [-0.2, -0.15) is 15.0 Å². The van der Waals surface area contributed by atoms with E-state index in [-0.39, 0.29) is 34.9 Å². The van der Waals surface area contributed by atoms with Gasteiger partial charge < -0.3 is 15.8 Å². The van der Waals surface area contributed by atoms with Crippen LogP contribution in [0.5, 0.6) is 0 Å². The average molecular weight is 415 g/mol. The number of carbonyl (C=O) groups is 1. The number of halogens is 1. The van der Waals surface area contributed by atoms with Crippen molar-refractivity contribution in [2.45, 2.75) is 13.5 Å². The van der Waals surface area contributed by atoms with Crippen LogP contribution in [0, 0.1) is 17.0 Å². The van der Waals surface area contributed by atoms with E-state index >= 15 is 0 Å². The zero-order valence-electron chi connectivity index (χ0n) is 15.1. The highest BCUT2D eigenvalue weighted by Crippen LogP contribution is 2.24. The highest BCUT2D eigenvalue weighted by Gasteiger charge is 2.22. The molecular formula is C18H15ClN6O4. The number of para-hydroxylation sites is 1. The van der Waals surface area contributed by atoms with Gasteiger partial charge >= 0.3 is 5.97 Å². The summed E-state index contributed by atoms with van der Waals surface area (Å²) in [5.74, 6) is -0.728. The van der Waals surface area contributed by atoms with Crippen LogP contribution >= 0.6 is 11.6 Å². The van der Waals surface area contributed by atoms with Crippen LogP contribution in [0.15, 0.2) is 42.5 Å². The van der Waals surface area contributed by atoms with Gasteiger partial charge in [-0.15, -0.1) is 0 Å². The Bertz CT molecular complexity index is 1090. The number of rotatable bonds is 6. The third-order valence-electron chi connectivity index (χ3n) is 3.80. The number of nitrogens with two attached hydrogens (primary N) is 1. The van der Waals surface area contributed by atoms with Gasteiger partial charge in [0.2, 0.25) is 11.9 Å². The number of aryl methyl sites for hydroxylation is 1. The van der Waals surface area contributed by atoms with Crippen molar-refractivity contribution < 1.29 is 14.5 Å². The zero-order chi connectivity index (χ0) is 21.0. The van der Waals surface area contributed by atoms with E-state index in [4.69, 9.17) is 22.1 Å². The van der Waals surface area contributed by atoms with Gasteiger partial charge in [0.1, 0.15) is 5.56 Å². The normalized spacial score (nSPS) is 10.4. The van der Waals surface area contributed by atoms with E-state index in [0.29, 0.717) is 0 Å². The van der Waals surface area contributed by atoms with Crippen molar-refractivity contribution in [1.29, 1.82) is 0 Å². The lowest BCUT2D eigenvalue weighted by Crippen LogP contribution is -2.12. The van der Waals surface area contributed by atoms with E-state index in [2.05, 4.69) is 20.3 Å². The predicted molar refractivity (Wildman–Crippen MR) is 106 cm³/mol. The topological polar surface area (TPSA) is 146 Å². The molecule has 0 bridgehead atoms. The van der Waals surface area contributed by atoms with Crippen molar-refractivity contribution in [2.75, 3.05) is 11.1 Å². The van der Waals surface area contributed by atoms with Crippen LogP contribution < -0.4 is 11.1 Å². The lowest BCUT2D eigenvalue weighted by Gasteiger charge is -2.10. The predicted octanol–water partition coefficient (Wildman–Crippen LogP) is 3.42. The van der Waals surface area contributed by atoms with Crippen molar-refractivity contribution in [2.24, 2.45) is 0 Å². The first-order valence-electron chi connectivity index (χ1n) is 8.27. The molecule has 0 unspecified atom stereocenters. The second-order valence-corrected chi connectivity index (χ2v) is 6.30. The van der Waals surface area contributed by atoms with Gasteiger partial charge in [-0.05, 0) is 30.7 Å². The molecule has 0 saturated heterocycles. The van der Waals surface area contributed by atoms with Gasteiger partial charge in [0.15, 0.2) is 12.4 Å². The van der Waals surface area contributed by atoms with Gasteiger partial charge in [-0.25, -0.2) is 4.79 Å². The minimum atomic E-state index is -0.916. The molecular weight excluding hydrogens is 400 g/mol. The van der Waals surface area contributed by atoms with Crippen LogP contribution in [0.25, 0.3) is 0 Å². The molecule has 3 rings (SSSR count). The second kappa shape index (κ2) is 8.48. The molecule has 2 aromatic carbocycles. The molecule has 0 aliphatic rings. The Kier molecular flexibility index (Phi) is 5.84. The number of nitro groups is 1. The van der Waals surface area contributed by atoms with Gasteiger partial charge in [0, 0.05) is 16.8 Å². The molecule has 0 spiro atoms. The molecule has 0 amide bonds. The second-order valence-electron chi connectivity index (χ2n) is 5.87. The zero-order valence-corrected chi connectivity index (χ0v) is 15.9. The molecule has 0 atom stereocenters. The van der Waals surface area contributed by atoms with E-state index in [0.717, 1.165) is 17.3 Å². The molecule has 3 N–H and O–H groups in total. The molecule has 11 heteroatoms. The quantitative estimate of drug-likeness (QED) is 0.351. The number of benzene rings is 2. The monoisotopic (exact) mass is 414 g/mol. The number of anilines is 3. The van der Waals surface area contributed by atoms with Crippen LogP contribution in [-0.4, -0.2) is 25.8 Å². The standard InChI is InChI=1S/C18H15ClN6O4/c1-10-4-2-3-5-13(10)21-18-23-15(22-17(20)24-18)9-29-16(26)12-7-6-11(19)8-14(12)25(27)28/h2-8H,9H2,1H3,(H3,20,21,22,23,24). The van der Waals surface area contributed by atoms with Crippen molar-refractivity contribution in [3.05, 3.63) is 74.6 Å². The van der Waals surface area contributed by atoms with Crippen LogP contribution in [-0.2, 0) is 11.3 Å². The molecule has 148 valence electrons. The number of hydrogen-bond donors (Lipinski definition) is 2. The minimum absolute atomic E-state index is 0.0698. The number of aromatic nitrogens is 3. The lowest BCUT2D eigenvalue weighted by atomic mass is 10.2. The van der Waals surface area contributed by atoms with E-state index in [9.17, 15) is 14.9 Å². The van der Waals surface area contributed by atoms with E-state index in [1.165, 1.54) is 12.1 Å². The van der Waals surface area contributed by atoms with Crippen molar-refractivity contribution >= 4 is 40.8 Å². The van der Waals surface area contributed by atoms with E-state index in [1.807, 2.05) is 31.2 Å². The first-order chi connectivity index (χ1) is 13.8. The van der Waals surface area contributed by atoms with Gasteiger partial charge in [0.25, 0.3) is 5.69 Å². The first kappa shape index (κ1) is 20.0. The molecule has 0 fully saturated rings. The number of nitrogens with one attached hydrogen (secondary N) is 1. The van der Waals surface area contributed by atoms with Crippen LogP contribution in [0.4, 0.5) is 23.3 Å². The first-order valence-corrected chi connectivity index (χ1v) is 8.65. The summed E-state index contributed by atoms with van der Waals surface area (Å²) in [4.78, 5) is 34.8. The number of ether oxygens (including phenoxy) is 1. The summed E-state index contributed by atoms with van der Waals surface area (Å²) in [6.45, 7) is 1.56. The van der Waals surface area contributed by atoms with Crippen LogP contribution in [0.1, 0.15) is 21.7 Å². The largest absolute Gasteiger partial charge is 0.454 e. The Morgan fingerprint density at radius 2 is 2.00 bits per heavy atom. The Balaban J connectivity index is 1.76. The highest BCUT2D eigenvalue weighted by molar-refractivity contribution is 6.31. The molecule has 0 saturated carbocycles. The summed E-state index contributed by atoms with van der Waals surface area (Å²) in [5, 5.41) is 14.3. The fraction of sp³-hybridized carbons (Fsp3) is 0.111. The third kappa shape index (κ3) is 4.93. The Labute approximate surface area is 169 Å². The highest BCUT2D eigenvalue weighted by atomic mass is 35.5. The lowest BCUT2D eigenvalue weighted by molar-refractivity contribution is -0.385. The van der Waals surface area contributed by atoms with Crippen molar-refractivity contribution in [1.82, 2.24) is 15.0 Å². The molecule has 0 aliphatic carbocycles. The van der Waals surface area contributed by atoms with Gasteiger partial charge in [0.05, 0.1) is 4.92 Å². The summed E-state index contributed by atoms with van der Waals surface area (Å²) < 4.78 is 5.11. The maximum absolute atomic E-state index is 12.3. The molecule has 0 aliphatic heterocycles. The number of esters is 1. The maximum atomic E-state index is 12.3. The third-order valence-corrected chi connectivity index (χ3v) is 4.03. The molecule has 1 aromatic heterocycles. The van der Waals surface area contributed by atoms with Crippen molar-refractivity contribution in [3.63, 3.8) is 0 Å². The number of carbonyl (C=O) groups excluding carboxylic acids is 1. The fourth-order valence-electron chi connectivity index (χ4n) is 2.43. The number of nitrogens with zero attached hydrogens (tertiary/aromatic N) is 4. The summed E-state index contributed by atoms with van der Waals surface area (Å²) in [7, 11) is 0. The smallest absolute Gasteiger partial charge is 0.345 e. The minimum Gasteiger partial charge on any atom is -0.454 e. The number of nitrogen functional groups attached to an aromatic ring is 1. The van der Waals surface area contributed by atoms with Crippen LogP contribution in [0.3, 0.4) is 0 Å². The summed E-state index contributed by atoms with van der Waals surface area (Å²) in [6, 6.07) is 11.1. The van der Waals surface area contributed by atoms with Gasteiger partial charge in [-0.3, -0.25) is 10.1 Å². The SMILES string of the molecule is Cc1ccccc1Nc1nc(N)nc(COC(=O)c2ccc(Cl)cc2[N+](=O)[O-])n1. The molecule has 29 heavy (non-hydrogen) atoms. The Morgan fingerprint density at radius 3 is 2.72 bits per heavy atom. The van der Waals surface area contributed by atoms with E-state index < -0.39 is 16.6 Å². The Hall–Kier alpha value is -3.79. The average Bonchev–Trinajstić information content (AvgIpc) is 2.67. The summed E-state index contributed by atoms with van der Waals surface area (Å²) in [5.41, 5.74) is 6.75. The summed E-state index contributed by atoms with van der Waals surface area (Å²) in [6.07, 6.45) is 0.